The van der Waals surface area contributed by atoms with Crippen LogP contribution in [0.4, 0.5) is 10.6 Å². The molecule has 0 aliphatic rings. The van der Waals surface area contributed by atoms with Crippen molar-refractivity contribution >= 4 is 23.0 Å². The topological polar surface area (TPSA) is 102 Å². The Labute approximate surface area is 192 Å². The summed E-state index contributed by atoms with van der Waals surface area (Å²) in [5.41, 5.74) is 3.66. The first-order valence-electron chi connectivity index (χ1n) is 10.9. The average Bonchev–Trinajstić information content (AvgIpc) is 2.84. The summed E-state index contributed by atoms with van der Waals surface area (Å²) < 4.78 is 5.31. The lowest BCUT2D eigenvalue weighted by Gasteiger charge is -2.14. The molecule has 0 saturated carbocycles. The Bertz CT molecular complexity index is 1230. The molecule has 0 saturated heterocycles. The van der Waals surface area contributed by atoms with Crippen LogP contribution < -0.4 is 15.4 Å². The Hall–Kier alpha value is -4.07. The van der Waals surface area contributed by atoms with Crippen LogP contribution in [0.15, 0.2) is 67.0 Å². The molecule has 3 aromatic heterocycles. The Morgan fingerprint density at radius 1 is 1.03 bits per heavy atom. The van der Waals surface area contributed by atoms with Gasteiger partial charge in [-0.1, -0.05) is 30.3 Å². The van der Waals surface area contributed by atoms with E-state index in [0.717, 1.165) is 24.8 Å². The zero-order chi connectivity index (χ0) is 23.0. The molecule has 1 atom stereocenters. The Morgan fingerprint density at radius 2 is 1.88 bits per heavy atom. The first-order valence-corrected chi connectivity index (χ1v) is 10.9. The molecule has 2 amide bonds. The summed E-state index contributed by atoms with van der Waals surface area (Å²) in [5, 5.41) is 5.75. The van der Waals surface area contributed by atoms with Crippen molar-refractivity contribution in [2.75, 3.05) is 12.4 Å². The molecule has 0 aliphatic carbocycles. The van der Waals surface area contributed by atoms with Crippen molar-refractivity contribution < 1.29 is 9.53 Å². The molecule has 0 spiro atoms. The predicted octanol–water partition coefficient (Wildman–Crippen LogP) is 4.63. The average molecular weight is 443 g/mol. The van der Waals surface area contributed by atoms with Crippen molar-refractivity contribution in [2.45, 2.75) is 32.2 Å². The molecule has 8 nitrogen and oxygen atoms in total. The van der Waals surface area contributed by atoms with Crippen LogP contribution in [0, 0.1) is 0 Å². The van der Waals surface area contributed by atoms with Gasteiger partial charge in [0.15, 0.2) is 5.65 Å². The van der Waals surface area contributed by atoms with Crippen LogP contribution in [-0.2, 0) is 6.42 Å². The van der Waals surface area contributed by atoms with Gasteiger partial charge in [0.1, 0.15) is 11.3 Å². The van der Waals surface area contributed by atoms with Crippen molar-refractivity contribution in [1.29, 1.82) is 0 Å². The third-order valence-electron chi connectivity index (χ3n) is 5.21. The number of carbonyl (C=O) groups is 1. The fourth-order valence-corrected chi connectivity index (χ4v) is 3.55. The number of nitrogens with zero attached hydrogens (tertiary/aromatic N) is 4. The first-order chi connectivity index (χ1) is 16.1. The summed E-state index contributed by atoms with van der Waals surface area (Å²) in [6, 6.07) is 17.2. The predicted molar refractivity (Wildman–Crippen MR) is 128 cm³/mol. The van der Waals surface area contributed by atoms with Gasteiger partial charge in [-0.3, -0.25) is 10.3 Å². The molecule has 168 valence electrons. The van der Waals surface area contributed by atoms with E-state index in [1.807, 2.05) is 31.2 Å². The van der Waals surface area contributed by atoms with E-state index in [4.69, 9.17) is 4.74 Å². The number of methoxy groups -OCH3 is 1. The molecule has 1 unspecified atom stereocenters. The number of amides is 2. The van der Waals surface area contributed by atoms with E-state index < -0.39 is 0 Å². The second-order valence-corrected chi connectivity index (χ2v) is 7.73. The van der Waals surface area contributed by atoms with Gasteiger partial charge in [-0.2, -0.15) is 0 Å². The maximum absolute atomic E-state index is 12.4. The third kappa shape index (κ3) is 5.79. The van der Waals surface area contributed by atoms with Gasteiger partial charge in [0, 0.05) is 12.2 Å². The molecule has 4 rings (SSSR count). The lowest BCUT2D eigenvalue weighted by molar-refractivity contribution is 0.248. The van der Waals surface area contributed by atoms with Gasteiger partial charge in [-0.15, -0.1) is 0 Å². The molecule has 2 N–H and O–H groups in total. The minimum Gasteiger partial charge on any atom is -0.481 e. The maximum Gasteiger partial charge on any atom is 0.320 e. The van der Waals surface area contributed by atoms with Crippen LogP contribution in [-0.4, -0.2) is 39.1 Å². The molecule has 4 aromatic rings. The van der Waals surface area contributed by atoms with Gasteiger partial charge in [0.25, 0.3) is 0 Å². The van der Waals surface area contributed by atoms with Crippen LogP contribution in [0.25, 0.3) is 22.4 Å². The molecule has 0 radical (unpaired) electrons. The fourth-order valence-electron chi connectivity index (χ4n) is 3.55. The maximum atomic E-state index is 12.4. The smallest absolute Gasteiger partial charge is 0.320 e. The number of benzene rings is 1. The fraction of sp³-hybridized carbons (Fsp3) is 0.240. The molecule has 0 fully saturated rings. The Balaban J connectivity index is 1.38. The molecule has 8 heteroatoms. The molecule has 33 heavy (non-hydrogen) atoms. The molecular formula is C25H26N6O2. The third-order valence-corrected chi connectivity index (χ3v) is 5.21. The second kappa shape index (κ2) is 10.5. The molecule has 0 bridgehead atoms. The standard InChI is InChI=1S/C25H26N6O2/c1-17(8-6-11-18-9-4-3-5-10-18)28-25(32)31-22-14-13-20-23(30-22)29-21(16-27-20)19-12-7-15-26-24(19)33-2/h3-5,7,9-10,12-17H,6,8,11H2,1-2H3,(H2,28,29,30,31,32). The van der Waals surface area contributed by atoms with E-state index in [9.17, 15) is 4.79 Å². The van der Waals surface area contributed by atoms with Crippen molar-refractivity contribution in [3.63, 3.8) is 0 Å². The number of rotatable bonds is 8. The van der Waals surface area contributed by atoms with E-state index in [0.29, 0.717) is 28.6 Å². The van der Waals surface area contributed by atoms with Crippen molar-refractivity contribution in [3.05, 3.63) is 72.6 Å². The van der Waals surface area contributed by atoms with Crippen molar-refractivity contribution in [3.8, 4) is 17.1 Å². The van der Waals surface area contributed by atoms with E-state index >= 15 is 0 Å². The largest absolute Gasteiger partial charge is 0.481 e. The SMILES string of the molecule is COc1ncccc1-c1cnc2ccc(NC(=O)NC(C)CCCc3ccccc3)nc2n1. The number of fused-ring (bicyclic) bond motifs is 1. The monoisotopic (exact) mass is 442 g/mol. The van der Waals surface area contributed by atoms with Gasteiger partial charge in [-0.05, 0) is 56.0 Å². The van der Waals surface area contributed by atoms with Crippen LogP contribution in [0.2, 0.25) is 0 Å². The highest BCUT2D eigenvalue weighted by Crippen LogP contribution is 2.26. The lowest BCUT2D eigenvalue weighted by atomic mass is 10.1. The van der Waals surface area contributed by atoms with Crippen LogP contribution in [0.5, 0.6) is 5.88 Å². The number of pyridine rings is 2. The number of hydrogen-bond acceptors (Lipinski definition) is 6. The number of urea groups is 1. The summed E-state index contributed by atoms with van der Waals surface area (Å²) >= 11 is 0. The van der Waals surface area contributed by atoms with Crippen LogP contribution >= 0.6 is 0 Å². The molecule has 1 aromatic carbocycles. The van der Waals surface area contributed by atoms with Gasteiger partial charge >= 0.3 is 6.03 Å². The first kappa shape index (κ1) is 22.1. The van der Waals surface area contributed by atoms with Crippen molar-refractivity contribution in [2.24, 2.45) is 0 Å². The highest BCUT2D eigenvalue weighted by Gasteiger charge is 2.12. The minimum atomic E-state index is -0.299. The van der Waals surface area contributed by atoms with Crippen molar-refractivity contribution in [1.82, 2.24) is 25.3 Å². The quantitative estimate of drug-likeness (QED) is 0.413. The highest BCUT2D eigenvalue weighted by atomic mass is 16.5. The Morgan fingerprint density at radius 3 is 2.70 bits per heavy atom. The van der Waals surface area contributed by atoms with E-state index in [1.54, 1.807) is 37.7 Å². The van der Waals surface area contributed by atoms with Gasteiger partial charge in [-0.25, -0.2) is 19.7 Å². The van der Waals surface area contributed by atoms with Gasteiger partial charge in [0.2, 0.25) is 5.88 Å². The van der Waals surface area contributed by atoms with Crippen LogP contribution in [0.1, 0.15) is 25.3 Å². The second-order valence-electron chi connectivity index (χ2n) is 7.73. The van der Waals surface area contributed by atoms with Gasteiger partial charge < -0.3 is 10.1 Å². The van der Waals surface area contributed by atoms with E-state index in [-0.39, 0.29) is 12.1 Å². The molecule has 3 heterocycles. The van der Waals surface area contributed by atoms with E-state index in [1.165, 1.54) is 5.56 Å². The summed E-state index contributed by atoms with van der Waals surface area (Å²) in [7, 11) is 1.56. The van der Waals surface area contributed by atoms with Crippen LogP contribution in [0.3, 0.4) is 0 Å². The normalized spacial score (nSPS) is 11.7. The summed E-state index contributed by atoms with van der Waals surface area (Å²) in [4.78, 5) is 30.1. The number of ether oxygens (including phenoxy) is 1. The molecular weight excluding hydrogens is 416 g/mol. The zero-order valence-electron chi connectivity index (χ0n) is 18.7. The lowest BCUT2D eigenvalue weighted by Crippen LogP contribution is -2.36. The number of aromatic nitrogens is 4. The number of carbonyl (C=O) groups excluding carboxylic acids is 1. The van der Waals surface area contributed by atoms with Gasteiger partial charge in [0.05, 0.1) is 24.6 Å². The number of hydrogen-bond donors (Lipinski definition) is 2. The van der Waals surface area contributed by atoms with E-state index in [2.05, 4.69) is 42.7 Å². The Kier molecular flexibility index (Phi) is 7.04. The zero-order valence-corrected chi connectivity index (χ0v) is 18.7. The minimum absolute atomic E-state index is 0.0404. The summed E-state index contributed by atoms with van der Waals surface area (Å²) in [6.07, 6.45) is 6.17. The summed E-state index contributed by atoms with van der Waals surface area (Å²) in [6.45, 7) is 2.00. The molecule has 0 aliphatic heterocycles. The number of nitrogens with one attached hydrogen (secondary N) is 2. The highest BCUT2D eigenvalue weighted by molar-refractivity contribution is 5.89. The number of anilines is 1. The number of aryl methyl sites for hydroxylation is 1. The summed E-state index contributed by atoms with van der Waals surface area (Å²) in [5.74, 6) is 0.863.